The Labute approximate surface area is 204 Å². The monoisotopic (exact) mass is 483 g/mol. The molecule has 1 aromatic heterocycles. The summed E-state index contributed by atoms with van der Waals surface area (Å²) in [5.41, 5.74) is 1.36. The van der Waals surface area contributed by atoms with Gasteiger partial charge >= 0.3 is 6.03 Å². The molecule has 1 atom stereocenters. The molecule has 9 heteroatoms. The maximum Gasteiger partial charge on any atom is 0.325 e. The Morgan fingerprint density at radius 3 is 2.53 bits per heavy atom. The third-order valence-electron chi connectivity index (χ3n) is 7.43. The average molecular weight is 484 g/mol. The van der Waals surface area contributed by atoms with E-state index < -0.39 is 5.54 Å². The quantitative estimate of drug-likeness (QED) is 0.610. The van der Waals surface area contributed by atoms with E-state index in [-0.39, 0.29) is 17.9 Å². The number of carbonyl (C=O) groups is 2. The summed E-state index contributed by atoms with van der Waals surface area (Å²) in [6.45, 7) is 8.81. The number of amides is 3. The first-order chi connectivity index (χ1) is 16.5. The molecule has 0 aliphatic carbocycles. The first-order valence-corrected chi connectivity index (χ1v) is 13.1. The minimum absolute atomic E-state index is 0.0726. The van der Waals surface area contributed by atoms with Gasteiger partial charge in [0, 0.05) is 37.1 Å². The number of nitrogens with one attached hydrogen (secondary N) is 1. The number of thiazole rings is 1. The number of aromatic nitrogens is 1. The van der Waals surface area contributed by atoms with E-state index in [1.807, 2.05) is 25.1 Å². The van der Waals surface area contributed by atoms with Gasteiger partial charge in [0.1, 0.15) is 10.5 Å². The molecule has 8 nitrogen and oxygen atoms in total. The van der Waals surface area contributed by atoms with Crippen LogP contribution in [0.5, 0.6) is 0 Å². The van der Waals surface area contributed by atoms with Gasteiger partial charge in [-0.15, -0.1) is 11.3 Å². The van der Waals surface area contributed by atoms with Crippen LogP contribution in [0.1, 0.15) is 24.8 Å². The Balaban J connectivity index is 1.14. The zero-order valence-corrected chi connectivity index (χ0v) is 20.6. The lowest BCUT2D eigenvalue weighted by Gasteiger charge is -2.38. The predicted molar refractivity (Wildman–Crippen MR) is 131 cm³/mol. The Hall–Kier alpha value is -2.33. The van der Waals surface area contributed by atoms with Crippen molar-refractivity contribution in [2.24, 2.45) is 5.92 Å². The molecule has 1 aromatic carbocycles. The maximum absolute atomic E-state index is 13.3. The molecular weight excluding hydrogens is 450 g/mol. The summed E-state index contributed by atoms with van der Waals surface area (Å²) < 4.78 is 5.38. The van der Waals surface area contributed by atoms with Gasteiger partial charge in [0.25, 0.3) is 5.91 Å². The van der Waals surface area contributed by atoms with Crippen molar-refractivity contribution in [3.05, 3.63) is 40.7 Å². The molecule has 0 bridgehead atoms. The van der Waals surface area contributed by atoms with Crippen LogP contribution in [0.4, 0.5) is 4.79 Å². The number of rotatable bonds is 7. The van der Waals surface area contributed by atoms with Crippen molar-refractivity contribution in [1.29, 1.82) is 0 Å². The van der Waals surface area contributed by atoms with Crippen LogP contribution >= 0.6 is 11.3 Å². The molecule has 182 valence electrons. The van der Waals surface area contributed by atoms with E-state index >= 15 is 0 Å². The predicted octanol–water partition coefficient (Wildman–Crippen LogP) is 2.66. The van der Waals surface area contributed by atoms with Crippen LogP contribution in [0.25, 0.3) is 11.3 Å². The highest BCUT2D eigenvalue weighted by Crippen LogP contribution is 2.34. The minimum atomic E-state index is -0.810. The summed E-state index contributed by atoms with van der Waals surface area (Å²) >= 11 is 1.70. The summed E-state index contributed by atoms with van der Waals surface area (Å²) in [4.78, 5) is 36.9. The molecule has 34 heavy (non-hydrogen) atoms. The maximum atomic E-state index is 13.3. The SMILES string of the molecule is CC1(C2CCN(Cc3nc(-c4ccccc4)cs3)CC2)NC(=O)N(CCN2CCOCC2)C1=O. The van der Waals surface area contributed by atoms with Crippen LogP contribution in [0.2, 0.25) is 0 Å². The number of ether oxygens (including phenoxy) is 1. The van der Waals surface area contributed by atoms with Gasteiger partial charge in [-0.2, -0.15) is 0 Å². The van der Waals surface area contributed by atoms with E-state index in [9.17, 15) is 9.59 Å². The fourth-order valence-electron chi connectivity index (χ4n) is 5.25. The number of nitrogens with zero attached hydrogens (tertiary/aromatic N) is 4. The number of urea groups is 1. The zero-order chi connectivity index (χ0) is 23.5. The molecule has 3 saturated heterocycles. The highest BCUT2D eigenvalue weighted by molar-refractivity contribution is 7.09. The van der Waals surface area contributed by atoms with Crippen molar-refractivity contribution in [3.63, 3.8) is 0 Å². The molecule has 0 saturated carbocycles. The molecule has 4 heterocycles. The molecule has 2 aromatic rings. The topological polar surface area (TPSA) is 78.0 Å². The fourth-order valence-corrected chi connectivity index (χ4v) is 6.09. The lowest BCUT2D eigenvalue weighted by molar-refractivity contribution is -0.133. The average Bonchev–Trinajstić information content (AvgIpc) is 3.42. The summed E-state index contributed by atoms with van der Waals surface area (Å²) in [6, 6.07) is 10.0. The van der Waals surface area contributed by atoms with Gasteiger partial charge in [-0.25, -0.2) is 9.78 Å². The number of hydrogen-bond donors (Lipinski definition) is 1. The summed E-state index contributed by atoms with van der Waals surface area (Å²) in [5.74, 6) is 0.0707. The lowest BCUT2D eigenvalue weighted by Crippen LogP contribution is -2.54. The molecule has 1 N–H and O–H groups in total. The summed E-state index contributed by atoms with van der Waals surface area (Å²) in [5, 5.41) is 6.27. The first kappa shape index (κ1) is 23.4. The normalized spacial score (nSPS) is 25.1. The molecule has 5 rings (SSSR count). The van der Waals surface area contributed by atoms with Crippen molar-refractivity contribution >= 4 is 23.3 Å². The van der Waals surface area contributed by atoms with Crippen LogP contribution in [0, 0.1) is 5.92 Å². The van der Waals surface area contributed by atoms with Gasteiger partial charge in [0.05, 0.1) is 25.5 Å². The van der Waals surface area contributed by atoms with Gasteiger partial charge in [-0.3, -0.25) is 19.5 Å². The molecule has 3 aliphatic rings. The van der Waals surface area contributed by atoms with Crippen molar-refractivity contribution in [1.82, 2.24) is 25.0 Å². The van der Waals surface area contributed by atoms with Crippen LogP contribution in [-0.2, 0) is 16.1 Å². The number of hydrogen-bond acceptors (Lipinski definition) is 7. The summed E-state index contributed by atoms with van der Waals surface area (Å²) in [6.07, 6.45) is 1.77. The molecule has 0 spiro atoms. The Bertz CT molecular complexity index is 1000. The molecular formula is C25H33N5O3S. The lowest BCUT2D eigenvalue weighted by atomic mass is 9.79. The Morgan fingerprint density at radius 2 is 1.79 bits per heavy atom. The van der Waals surface area contributed by atoms with Gasteiger partial charge in [-0.05, 0) is 38.8 Å². The second-order valence-corrected chi connectivity index (χ2v) is 10.5. The van der Waals surface area contributed by atoms with E-state index in [0.29, 0.717) is 26.3 Å². The number of imide groups is 1. The van der Waals surface area contributed by atoms with E-state index in [1.165, 1.54) is 4.90 Å². The number of likely N-dealkylation sites (tertiary alicyclic amines) is 1. The van der Waals surface area contributed by atoms with Gasteiger partial charge in [-0.1, -0.05) is 30.3 Å². The van der Waals surface area contributed by atoms with Crippen LogP contribution in [-0.4, -0.2) is 89.6 Å². The third kappa shape index (κ3) is 4.88. The molecule has 1 unspecified atom stereocenters. The van der Waals surface area contributed by atoms with E-state index in [2.05, 4.69) is 32.6 Å². The Kier molecular flexibility index (Phi) is 6.96. The van der Waals surface area contributed by atoms with Crippen LogP contribution in [0.15, 0.2) is 35.7 Å². The van der Waals surface area contributed by atoms with Crippen molar-refractivity contribution < 1.29 is 14.3 Å². The fraction of sp³-hybridized carbons (Fsp3) is 0.560. The smallest absolute Gasteiger partial charge is 0.325 e. The van der Waals surface area contributed by atoms with Crippen molar-refractivity contribution in [3.8, 4) is 11.3 Å². The molecule has 3 amide bonds. The first-order valence-electron chi connectivity index (χ1n) is 12.2. The van der Waals surface area contributed by atoms with E-state index in [1.54, 1.807) is 11.3 Å². The highest BCUT2D eigenvalue weighted by atomic mass is 32.1. The van der Waals surface area contributed by atoms with Crippen LogP contribution in [0.3, 0.4) is 0 Å². The van der Waals surface area contributed by atoms with Gasteiger partial charge in [0.2, 0.25) is 0 Å². The number of morpholine rings is 1. The molecule has 0 radical (unpaired) electrons. The minimum Gasteiger partial charge on any atom is -0.379 e. The number of benzene rings is 1. The van der Waals surface area contributed by atoms with Crippen LogP contribution < -0.4 is 5.32 Å². The third-order valence-corrected chi connectivity index (χ3v) is 8.26. The largest absolute Gasteiger partial charge is 0.379 e. The molecule has 3 fully saturated rings. The number of piperidine rings is 1. The standard InChI is InChI=1S/C25H33N5O3S/c1-25(23(31)30(24(32)27-25)12-11-28-13-15-33-16-14-28)20-7-9-29(10-8-20)17-22-26-21(18-34-22)19-5-3-2-4-6-19/h2-6,18,20H,7-17H2,1H3,(H,27,32). The highest BCUT2D eigenvalue weighted by Gasteiger charge is 2.52. The van der Waals surface area contributed by atoms with Crippen molar-refractivity contribution in [2.75, 3.05) is 52.5 Å². The van der Waals surface area contributed by atoms with Crippen molar-refractivity contribution in [2.45, 2.75) is 31.8 Å². The Morgan fingerprint density at radius 1 is 1.06 bits per heavy atom. The van der Waals surface area contributed by atoms with Gasteiger partial charge < -0.3 is 10.1 Å². The van der Waals surface area contributed by atoms with Gasteiger partial charge in [0.15, 0.2) is 0 Å². The second kappa shape index (κ2) is 10.1. The molecule has 3 aliphatic heterocycles. The summed E-state index contributed by atoms with van der Waals surface area (Å²) in [7, 11) is 0. The number of carbonyl (C=O) groups excluding carboxylic acids is 2. The van der Waals surface area contributed by atoms with E-state index in [0.717, 1.165) is 61.8 Å². The second-order valence-electron chi connectivity index (χ2n) is 9.59. The van der Waals surface area contributed by atoms with E-state index in [4.69, 9.17) is 9.72 Å². The zero-order valence-electron chi connectivity index (χ0n) is 19.7.